The normalized spacial score (nSPS) is 15.1. The molecule has 1 aromatic heterocycles. The van der Waals surface area contributed by atoms with E-state index in [0.29, 0.717) is 5.69 Å². The first-order valence-corrected chi connectivity index (χ1v) is 10.3. The number of carbonyl (C=O) groups is 6. The molecule has 1 rings (SSSR count). The number of rotatable bonds is 15. The fourth-order valence-electron chi connectivity index (χ4n) is 2.84. The number of aromatic nitrogens is 2. The summed E-state index contributed by atoms with van der Waals surface area (Å²) in [4.78, 5) is 77.2. The van der Waals surface area contributed by atoms with Gasteiger partial charge in [0.25, 0.3) is 0 Å². The number of aliphatic carboxylic acids is 3. The quantitative estimate of drug-likeness (QED) is 0.114. The van der Waals surface area contributed by atoms with Crippen LogP contribution in [0.2, 0.25) is 0 Å². The lowest BCUT2D eigenvalue weighted by atomic mass is 10.1. The number of nitrogens with one attached hydrogen (secondary N) is 4. The van der Waals surface area contributed by atoms with Crippen LogP contribution in [0.3, 0.4) is 0 Å². The van der Waals surface area contributed by atoms with Gasteiger partial charge in [-0.2, -0.15) is 0 Å². The lowest BCUT2D eigenvalue weighted by Gasteiger charge is -2.26. The summed E-state index contributed by atoms with van der Waals surface area (Å²) in [6.07, 6.45) is -0.709. The van der Waals surface area contributed by atoms with Gasteiger partial charge in [0.2, 0.25) is 17.7 Å². The Balaban J connectivity index is 2.94. The van der Waals surface area contributed by atoms with E-state index in [9.17, 15) is 33.9 Å². The Morgan fingerprint density at radius 3 is 2.09 bits per heavy atom. The summed E-state index contributed by atoms with van der Waals surface area (Å²) in [5.74, 6) is -7.59. The average molecular weight is 500 g/mol. The highest BCUT2D eigenvalue weighted by Gasteiger charge is 2.33. The molecular formula is C19H28N6O10. The van der Waals surface area contributed by atoms with Gasteiger partial charge in [-0.15, -0.1) is 0 Å². The molecule has 1 aromatic rings. The number of H-pyrrole nitrogens is 1. The molecule has 0 spiro atoms. The molecule has 0 radical (unpaired) electrons. The summed E-state index contributed by atoms with van der Waals surface area (Å²) in [5, 5.41) is 43.1. The van der Waals surface area contributed by atoms with E-state index in [-0.39, 0.29) is 6.42 Å². The zero-order valence-electron chi connectivity index (χ0n) is 18.6. The van der Waals surface area contributed by atoms with Gasteiger partial charge in [0, 0.05) is 24.7 Å². The SMILES string of the molecule is CC(O)C(NC(=O)C(N)Cc1cnc[nH]1)C(=O)NC(CCC(=O)O)C(=O)NC(CC(=O)O)C(=O)O. The standard InChI is InChI=1S/C19H28N6O10/c1-8(26)15(25-16(31)10(20)4-9-6-21-7-22-9)18(33)23-11(2-3-13(27)28)17(32)24-12(19(34)35)5-14(29)30/h6-8,10-12,15,26H,2-5,20H2,1H3,(H,21,22)(H,23,33)(H,24,32)(H,25,31)(H,27,28)(H,29,30)(H,34,35). The molecule has 0 aromatic carbocycles. The number of carboxylic acid groups (broad SMARTS) is 3. The Kier molecular flexibility index (Phi) is 11.3. The van der Waals surface area contributed by atoms with Crippen molar-refractivity contribution in [2.24, 2.45) is 5.73 Å². The van der Waals surface area contributed by atoms with Crippen LogP contribution in [0.4, 0.5) is 0 Å². The number of nitrogens with two attached hydrogens (primary N) is 1. The van der Waals surface area contributed by atoms with Crippen LogP contribution in [0.15, 0.2) is 12.5 Å². The molecule has 10 N–H and O–H groups in total. The van der Waals surface area contributed by atoms with Crippen molar-refractivity contribution >= 4 is 35.6 Å². The lowest BCUT2D eigenvalue weighted by molar-refractivity contribution is -0.147. The number of hydrogen-bond donors (Lipinski definition) is 9. The molecule has 0 bridgehead atoms. The van der Waals surface area contributed by atoms with Crippen LogP contribution >= 0.6 is 0 Å². The van der Waals surface area contributed by atoms with Gasteiger partial charge in [-0.3, -0.25) is 24.0 Å². The maximum Gasteiger partial charge on any atom is 0.326 e. The van der Waals surface area contributed by atoms with Gasteiger partial charge in [0.1, 0.15) is 18.1 Å². The molecule has 0 fully saturated rings. The number of aromatic amines is 1. The van der Waals surface area contributed by atoms with Crippen molar-refractivity contribution in [2.45, 2.75) is 62.9 Å². The molecule has 0 aliphatic carbocycles. The molecule has 1 heterocycles. The lowest BCUT2D eigenvalue weighted by Crippen LogP contribution is -2.60. The molecule has 16 nitrogen and oxygen atoms in total. The van der Waals surface area contributed by atoms with Crippen molar-refractivity contribution in [3.63, 3.8) is 0 Å². The predicted molar refractivity (Wildman–Crippen MR) is 114 cm³/mol. The number of carboxylic acids is 3. The number of amides is 3. The van der Waals surface area contributed by atoms with Crippen LogP contribution in [-0.4, -0.2) is 96.3 Å². The molecule has 0 aliphatic rings. The third-order valence-corrected chi connectivity index (χ3v) is 4.67. The smallest absolute Gasteiger partial charge is 0.326 e. The molecule has 0 saturated carbocycles. The molecule has 0 saturated heterocycles. The summed E-state index contributed by atoms with van der Waals surface area (Å²) in [6.45, 7) is 1.17. The maximum atomic E-state index is 12.7. The van der Waals surface area contributed by atoms with Gasteiger partial charge in [0.15, 0.2) is 0 Å². The van der Waals surface area contributed by atoms with Crippen LogP contribution in [0, 0.1) is 0 Å². The maximum absolute atomic E-state index is 12.7. The molecule has 5 atom stereocenters. The Morgan fingerprint density at radius 2 is 1.60 bits per heavy atom. The summed E-state index contributed by atoms with van der Waals surface area (Å²) < 4.78 is 0. The fraction of sp³-hybridized carbons (Fsp3) is 0.526. The van der Waals surface area contributed by atoms with Crippen LogP contribution in [-0.2, 0) is 35.2 Å². The highest BCUT2D eigenvalue weighted by molar-refractivity contribution is 5.95. The van der Waals surface area contributed by atoms with Crippen molar-refractivity contribution in [2.75, 3.05) is 0 Å². The number of aliphatic hydroxyl groups excluding tert-OH is 1. The molecule has 3 amide bonds. The van der Waals surface area contributed by atoms with Gasteiger partial charge in [-0.1, -0.05) is 0 Å². The minimum absolute atomic E-state index is 0.0315. The summed E-state index contributed by atoms with van der Waals surface area (Å²) >= 11 is 0. The van der Waals surface area contributed by atoms with Crippen LogP contribution < -0.4 is 21.7 Å². The Labute approximate surface area is 198 Å². The second kappa shape index (κ2) is 13.6. The number of aliphatic hydroxyl groups is 1. The third kappa shape index (κ3) is 10.2. The largest absolute Gasteiger partial charge is 0.481 e. The van der Waals surface area contributed by atoms with Gasteiger partial charge < -0.3 is 47.1 Å². The van der Waals surface area contributed by atoms with Crippen LogP contribution in [0.5, 0.6) is 0 Å². The summed E-state index contributed by atoms with van der Waals surface area (Å²) in [5.41, 5.74) is 6.34. The molecular weight excluding hydrogens is 472 g/mol. The van der Waals surface area contributed by atoms with Crippen LogP contribution in [0.1, 0.15) is 31.9 Å². The number of imidazole rings is 1. The van der Waals surface area contributed by atoms with Crippen LogP contribution in [0.25, 0.3) is 0 Å². The van der Waals surface area contributed by atoms with E-state index in [0.717, 1.165) is 0 Å². The summed E-state index contributed by atoms with van der Waals surface area (Å²) in [6, 6.07) is -6.21. The van der Waals surface area contributed by atoms with Gasteiger partial charge in [-0.25, -0.2) is 9.78 Å². The zero-order valence-corrected chi connectivity index (χ0v) is 18.6. The molecule has 5 unspecified atom stereocenters. The Hall–Kier alpha value is -4.05. The minimum atomic E-state index is -1.85. The van der Waals surface area contributed by atoms with E-state index in [4.69, 9.17) is 21.1 Å². The van der Waals surface area contributed by atoms with Gasteiger partial charge in [-0.05, 0) is 13.3 Å². The fourth-order valence-corrected chi connectivity index (χ4v) is 2.84. The van der Waals surface area contributed by atoms with E-state index in [1.54, 1.807) is 0 Å². The van der Waals surface area contributed by atoms with E-state index >= 15 is 0 Å². The Bertz CT molecular complexity index is 919. The average Bonchev–Trinajstić information content (AvgIpc) is 3.26. The number of nitrogens with zero attached hydrogens (tertiary/aromatic N) is 1. The van der Waals surface area contributed by atoms with Crippen molar-refractivity contribution in [1.29, 1.82) is 0 Å². The van der Waals surface area contributed by atoms with E-state index in [1.807, 2.05) is 5.32 Å². The van der Waals surface area contributed by atoms with Crippen molar-refractivity contribution < 1.29 is 49.2 Å². The van der Waals surface area contributed by atoms with Crippen molar-refractivity contribution in [1.82, 2.24) is 25.9 Å². The highest BCUT2D eigenvalue weighted by atomic mass is 16.4. The summed E-state index contributed by atoms with van der Waals surface area (Å²) in [7, 11) is 0. The first-order chi connectivity index (χ1) is 16.3. The molecule has 35 heavy (non-hydrogen) atoms. The topological polar surface area (TPSA) is 274 Å². The first kappa shape index (κ1) is 29.0. The van der Waals surface area contributed by atoms with Gasteiger partial charge in [0.05, 0.1) is 24.9 Å². The molecule has 194 valence electrons. The monoisotopic (exact) mass is 500 g/mol. The second-order valence-electron chi connectivity index (χ2n) is 7.61. The van der Waals surface area contributed by atoms with Crippen molar-refractivity contribution in [3.05, 3.63) is 18.2 Å². The molecule has 0 aliphatic heterocycles. The number of carbonyl (C=O) groups excluding carboxylic acids is 3. The predicted octanol–water partition coefficient (Wildman–Crippen LogP) is -3.46. The highest BCUT2D eigenvalue weighted by Crippen LogP contribution is 2.04. The third-order valence-electron chi connectivity index (χ3n) is 4.67. The van der Waals surface area contributed by atoms with E-state index < -0.39 is 85.2 Å². The zero-order chi connectivity index (χ0) is 26.7. The Morgan fingerprint density at radius 1 is 0.971 bits per heavy atom. The first-order valence-electron chi connectivity index (χ1n) is 10.3. The minimum Gasteiger partial charge on any atom is -0.481 e. The van der Waals surface area contributed by atoms with E-state index in [2.05, 4.69) is 20.6 Å². The van der Waals surface area contributed by atoms with E-state index in [1.165, 1.54) is 19.4 Å². The van der Waals surface area contributed by atoms with Gasteiger partial charge >= 0.3 is 17.9 Å². The number of hydrogen-bond acceptors (Lipinski definition) is 9. The second-order valence-corrected chi connectivity index (χ2v) is 7.61. The van der Waals surface area contributed by atoms with Crippen molar-refractivity contribution in [3.8, 4) is 0 Å². The molecule has 16 heteroatoms.